The molecule has 1 saturated carbocycles. The molecule has 118 valence electrons. The number of unbranched alkanes of at least 4 members (excludes halogenated alkanes) is 8. The summed E-state index contributed by atoms with van der Waals surface area (Å²) in [7, 11) is 0. The lowest BCUT2D eigenvalue weighted by molar-refractivity contribution is -0.144. The summed E-state index contributed by atoms with van der Waals surface area (Å²) in [6, 6.07) is 0. The number of carboxylic acid groups (broad SMARTS) is 1. The number of hydrogen-bond donors (Lipinski definition) is 1. The van der Waals surface area contributed by atoms with E-state index in [1.807, 2.05) is 0 Å². The summed E-state index contributed by atoms with van der Waals surface area (Å²) in [5.74, 6) is -0.0500. The van der Waals surface area contributed by atoms with E-state index in [0.717, 1.165) is 25.7 Å². The minimum atomic E-state index is -0.526. The van der Waals surface area contributed by atoms with Gasteiger partial charge in [0.1, 0.15) is 0 Å². The normalized spacial score (nSPS) is 24.8. The number of hydrogen-bond acceptors (Lipinski definition) is 1. The van der Waals surface area contributed by atoms with E-state index in [2.05, 4.69) is 13.8 Å². The summed E-state index contributed by atoms with van der Waals surface area (Å²) in [6.45, 7) is 4.43. The Morgan fingerprint density at radius 2 is 1.50 bits per heavy atom. The SMILES string of the molecule is CCCCCCCCCCC1(C(=O)O)CC1CCCC. The van der Waals surface area contributed by atoms with Crippen LogP contribution in [0.5, 0.6) is 0 Å². The Hall–Kier alpha value is -0.530. The molecule has 2 unspecified atom stereocenters. The molecule has 0 heterocycles. The summed E-state index contributed by atoms with van der Waals surface area (Å²) in [6.07, 6.45) is 15.7. The molecule has 20 heavy (non-hydrogen) atoms. The fourth-order valence-corrected chi connectivity index (χ4v) is 3.46. The van der Waals surface area contributed by atoms with E-state index in [4.69, 9.17) is 0 Å². The highest BCUT2D eigenvalue weighted by molar-refractivity contribution is 5.78. The van der Waals surface area contributed by atoms with Gasteiger partial charge in [0.15, 0.2) is 0 Å². The molecule has 1 fully saturated rings. The monoisotopic (exact) mass is 282 g/mol. The number of rotatable bonds is 13. The molecule has 0 bridgehead atoms. The lowest BCUT2D eigenvalue weighted by Crippen LogP contribution is -2.17. The predicted octanol–water partition coefficient (Wildman–Crippen LogP) is 5.80. The van der Waals surface area contributed by atoms with E-state index < -0.39 is 5.97 Å². The Morgan fingerprint density at radius 3 is 2.05 bits per heavy atom. The van der Waals surface area contributed by atoms with Crippen molar-refractivity contribution in [1.82, 2.24) is 0 Å². The summed E-state index contributed by atoms with van der Waals surface area (Å²) < 4.78 is 0. The van der Waals surface area contributed by atoms with Gasteiger partial charge in [-0.2, -0.15) is 0 Å². The molecule has 0 saturated heterocycles. The molecule has 1 aliphatic carbocycles. The van der Waals surface area contributed by atoms with E-state index >= 15 is 0 Å². The van der Waals surface area contributed by atoms with Gasteiger partial charge in [-0.3, -0.25) is 4.79 Å². The average molecular weight is 282 g/mol. The number of carbonyl (C=O) groups is 1. The van der Waals surface area contributed by atoms with Gasteiger partial charge >= 0.3 is 5.97 Å². The highest BCUT2D eigenvalue weighted by Gasteiger charge is 2.58. The third kappa shape index (κ3) is 5.46. The molecule has 0 aromatic rings. The quantitative estimate of drug-likeness (QED) is 0.433. The van der Waals surface area contributed by atoms with Gasteiger partial charge in [0, 0.05) is 0 Å². The molecule has 2 heteroatoms. The first-order chi connectivity index (χ1) is 9.67. The topological polar surface area (TPSA) is 37.3 Å². The first kappa shape index (κ1) is 17.5. The maximum Gasteiger partial charge on any atom is 0.309 e. The van der Waals surface area contributed by atoms with E-state index in [1.54, 1.807) is 0 Å². The number of carboxylic acids is 1. The van der Waals surface area contributed by atoms with Crippen LogP contribution in [0.3, 0.4) is 0 Å². The van der Waals surface area contributed by atoms with E-state index in [1.165, 1.54) is 57.8 Å². The fraction of sp³-hybridized carbons (Fsp3) is 0.944. The minimum absolute atomic E-state index is 0.322. The fourth-order valence-electron chi connectivity index (χ4n) is 3.46. The summed E-state index contributed by atoms with van der Waals surface area (Å²) in [4.78, 5) is 11.5. The van der Waals surface area contributed by atoms with Gasteiger partial charge in [-0.1, -0.05) is 78.1 Å². The first-order valence-electron chi connectivity index (χ1n) is 8.90. The first-order valence-corrected chi connectivity index (χ1v) is 8.90. The molecule has 0 spiro atoms. The zero-order valence-electron chi connectivity index (χ0n) is 13.6. The van der Waals surface area contributed by atoms with Gasteiger partial charge in [-0.05, 0) is 25.2 Å². The van der Waals surface area contributed by atoms with Crippen LogP contribution in [-0.4, -0.2) is 11.1 Å². The molecular formula is C18H34O2. The van der Waals surface area contributed by atoms with E-state index in [0.29, 0.717) is 5.92 Å². The second-order valence-electron chi connectivity index (χ2n) is 6.73. The van der Waals surface area contributed by atoms with Crippen LogP contribution in [0, 0.1) is 11.3 Å². The predicted molar refractivity (Wildman–Crippen MR) is 84.9 cm³/mol. The smallest absolute Gasteiger partial charge is 0.309 e. The van der Waals surface area contributed by atoms with Crippen LogP contribution < -0.4 is 0 Å². The maximum absolute atomic E-state index is 11.5. The Kier molecular flexibility index (Phi) is 8.25. The third-order valence-electron chi connectivity index (χ3n) is 5.04. The Labute approximate surface area is 125 Å². The molecule has 1 aliphatic rings. The van der Waals surface area contributed by atoms with Crippen molar-refractivity contribution < 1.29 is 9.90 Å². The maximum atomic E-state index is 11.5. The molecule has 0 aliphatic heterocycles. The highest BCUT2D eigenvalue weighted by Crippen LogP contribution is 2.58. The van der Waals surface area contributed by atoms with Crippen molar-refractivity contribution in [3.8, 4) is 0 Å². The van der Waals surface area contributed by atoms with Crippen molar-refractivity contribution in [1.29, 1.82) is 0 Å². The molecule has 1 N–H and O–H groups in total. The van der Waals surface area contributed by atoms with Crippen LogP contribution in [0.2, 0.25) is 0 Å². The van der Waals surface area contributed by atoms with Crippen LogP contribution in [0.4, 0.5) is 0 Å². The van der Waals surface area contributed by atoms with Crippen molar-refractivity contribution in [2.24, 2.45) is 11.3 Å². The molecule has 0 radical (unpaired) electrons. The van der Waals surface area contributed by atoms with Crippen molar-refractivity contribution >= 4 is 5.97 Å². The van der Waals surface area contributed by atoms with Crippen LogP contribution in [-0.2, 0) is 4.79 Å². The molecule has 0 aromatic heterocycles. The summed E-state index contributed by atoms with van der Waals surface area (Å²) >= 11 is 0. The minimum Gasteiger partial charge on any atom is -0.481 e. The number of aliphatic carboxylic acids is 1. The molecule has 1 rings (SSSR count). The second kappa shape index (κ2) is 9.41. The molecular weight excluding hydrogens is 248 g/mol. The van der Waals surface area contributed by atoms with Gasteiger partial charge in [0.25, 0.3) is 0 Å². The lowest BCUT2D eigenvalue weighted by Gasteiger charge is -2.12. The van der Waals surface area contributed by atoms with Crippen LogP contribution >= 0.6 is 0 Å². The zero-order valence-corrected chi connectivity index (χ0v) is 13.6. The van der Waals surface area contributed by atoms with Crippen LogP contribution in [0.1, 0.15) is 97.3 Å². The average Bonchev–Trinajstić information content (AvgIpc) is 3.14. The van der Waals surface area contributed by atoms with Crippen LogP contribution in [0.15, 0.2) is 0 Å². The Morgan fingerprint density at radius 1 is 0.950 bits per heavy atom. The summed E-state index contributed by atoms with van der Waals surface area (Å²) in [5.41, 5.74) is -0.322. The van der Waals surface area contributed by atoms with Gasteiger partial charge in [-0.25, -0.2) is 0 Å². The van der Waals surface area contributed by atoms with Crippen molar-refractivity contribution in [3.05, 3.63) is 0 Å². The van der Waals surface area contributed by atoms with Gasteiger partial charge in [-0.15, -0.1) is 0 Å². The van der Waals surface area contributed by atoms with E-state index in [9.17, 15) is 9.90 Å². The van der Waals surface area contributed by atoms with E-state index in [-0.39, 0.29) is 5.41 Å². The van der Waals surface area contributed by atoms with Gasteiger partial charge in [0.2, 0.25) is 0 Å². The standard InChI is InChI=1S/C18H34O2/c1-3-5-7-8-9-10-11-12-14-18(17(19)20)15-16(18)13-6-4-2/h16H,3-15H2,1-2H3,(H,19,20). The Bertz CT molecular complexity index is 275. The summed E-state index contributed by atoms with van der Waals surface area (Å²) in [5, 5.41) is 9.47. The lowest BCUT2D eigenvalue weighted by atomic mass is 9.93. The van der Waals surface area contributed by atoms with Gasteiger partial charge in [0.05, 0.1) is 5.41 Å². The molecule has 2 atom stereocenters. The molecule has 0 amide bonds. The highest BCUT2D eigenvalue weighted by atomic mass is 16.4. The Balaban J connectivity index is 2.08. The van der Waals surface area contributed by atoms with Crippen LogP contribution in [0.25, 0.3) is 0 Å². The second-order valence-corrected chi connectivity index (χ2v) is 6.73. The van der Waals surface area contributed by atoms with Crippen molar-refractivity contribution in [2.75, 3.05) is 0 Å². The van der Waals surface area contributed by atoms with Crippen molar-refractivity contribution in [3.63, 3.8) is 0 Å². The largest absolute Gasteiger partial charge is 0.481 e. The van der Waals surface area contributed by atoms with Crippen molar-refractivity contribution in [2.45, 2.75) is 97.3 Å². The molecule has 2 nitrogen and oxygen atoms in total. The third-order valence-corrected chi connectivity index (χ3v) is 5.04. The molecule has 0 aromatic carbocycles. The zero-order chi connectivity index (χ0) is 14.8. The van der Waals surface area contributed by atoms with Gasteiger partial charge < -0.3 is 5.11 Å².